The van der Waals surface area contributed by atoms with E-state index < -0.39 is 0 Å². The predicted octanol–water partition coefficient (Wildman–Crippen LogP) is 0.496. The second kappa shape index (κ2) is 4.27. The summed E-state index contributed by atoms with van der Waals surface area (Å²) in [6.45, 7) is 0. The molecule has 0 aliphatic carbocycles. The Hall–Kier alpha value is -0.620. The van der Waals surface area contributed by atoms with Crippen LogP contribution in [0.2, 0.25) is 0 Å². The van der Waals surface area contributed by atoms with E-state index in [1.165, 1.54) is 29.8 Å². The minimum Gasteiger partial charge on any atom is -0.320 e. The molecule has 0 aromatic carbocycles. The van der Waals surface area contributed by atoms with Crippen molar-refractivity contribution in [2.24, 2.45) is 12.8 Å². The van der Waals surface area contributed by atoms with Crippen LogP contribution < -0.4 is 5.73 Å². The van der Waals surface area contributed by atoms with Crippen molar-refractivity contribution in [1.82, 2.24) is 20.2 Å². The van der Waals surface area contributed by atoms with Gasteiger partial charge in [-0.3, -0.25) is 0 Å². The fourth-order valence-electron chi connectivity index (χ4n) is 1.65. The van der Waals surface area contributed by atoms with Gasteiger partial charge in [-0.2, -0.15) is 16.6 Å². The third-order valence-corrected chi connectivity index (χ3v) is 3.92. The predicted molar refractivity (Wildman–Crippen MR) is 55.8 cm³/mol. The summed E-state index contributed by atoms with van der Waals surface area (Å²) >= 11 is 1.93. The van der Waals surface area contributed by atoms with Crippen LogP contribution in [0.25, 0.3) is 0 Å². The molecule has 14 heavy (non-hydrogen) atoms. The molecule has 1 saturated heterocycles. The summed E-state index contributed by atoms with van der Waals surface area (Å²) in [7, 11) is 1.76. The normalized spacial score (nSPS) is 24.9. The topological polar surface area (TPSA) is 69.6 Å². The van der Waals surface area contributed by atoms with Crippen LogP contribution in [0.4, 0.5) is 0 Å². The molecule has 1 fully saturated rings. The van der Waals surface area contributed by atoms with Gasteiger partial charge in [0.05, 0.1) is 13.1 Å². The van der Waals surface area contributed by atoms with Crippen LogP contribution in [0.1, 0.15) is 31.1 Å². The molecule has 6 heteroatoms. The van der Waals surface area contributed by atoms with Gasteiger partial charge in [-0.15, -0.1) is 10.2 Å². The lowest BCUT2D eigenvalue weighted by molar-refractivity contribution is 0.555. The average Bonchev–Trinajstić information content (AvgIpc) is 2.65. The number of rotatable bonds is 2. The standard InChI is InChI=1S/C8H15N5S/c1-13-11-8(10-12-13)7(9)6-4-2-3-5-14-6/h6-7H,2-5,9H2,1H3. The van der Waals surface area contributed by atoms with Gasteiger partial charge in [0.25, 0.3) is 0 Å². The molecule has 0 bridgehead atoms. The maximum atomic E-state index is 6.08. The van der Waals surface area contributed by atoms with E-state index in [0.717, 1.165) is 0 Å². The lowest BCUT2D eigenvalue weighted by atomic mass is 10.1. The zero-order valence-electron chi connectivity index (χ0n) is 8.26. The van der Waals surface area contributed by atoms with Gasteiger partial charge >= 0.3 is 0 Å². The van der Waals surface area contributed by atoms with Crippen LogP contribution in [0, 0.1) is 0 Å². The molecule has 1 aromatic heterocycles. The molecule has 2 atom stereocenters. The minimum atomic E-state index is -0.0611. The number of hydrogen-bond donors (Lipinski definition) is 1. The third kappa shape index (κ3) is 2.06. The van der Waals surface area contributed by atoms with Gasteiger partial charge in [0.1, 0.15) is 0 Å². The molecule has 5 nitrogen and oxygen atoms in total. The van der Waals surface area contributed by atoms with Crippen LogP contribution >= 0.6 is 11.8 Å². The first-order valence-electron chi connectivity index (χ1n) is 4.88. The highest BCUT2D eigenvalue weighted by atomic mass is 32.2. The van der Waals surface area contributed by atoms with E-state index in [9.17, 15) is 0 Å². The van der Waals surface area contributed by atoms with Crippen LogP contribution in [0.5, 0.6) is 0 Å². The maximum absolute atomic E-state index is 6.08. The van der Waals surface area contributed by atoms with Crippen molar-refractivity contribution in [3.63, 3.8) is 0 Å². The van der Waals surface area contributed by atoms with Gasteiger partial charge in [0, 0.05) is 5.25 Å². The zero-order chi connectivity index (χ0) is 9.97. The minimum absolute atomic E-state index is 0.0611. The molecule has 0 amide bonds. The Morgan fingerprint density at radius 2 is 2.43 bits per heavy atom. The molecule has 0 radical (unpaired) electrons. The molecule has 2 rings (SSSR count). The Bertz CT molecular complexity index is 294. The van der Waals surface area contributed by atoms with Gasteiger partial charge in [-0.25, -0.2) is 0 Å². The van der Waals surface area contributed by atoms with Gasteiger partial charge in [-0.1, -0.05) is 6.42 Å². The van der Waals surface area contributed by atoms with E-state index in [1.807, 2.05) is 11.8 Å². The maximum Gasteiger partial charge on any atom is 0.192 e. The summed E-state index contributed by atoms with van der Waals surface area (Å²) in [4.78, 5) is 1.46. The first-order chi connectivity index (χ1) is 6.77. The van der Waals surface area contributed by atoms with Crippen molar-refractivity contribution in [3.8, 4) is 0 Å². The summed E-state index contributed by atoms with van der Waals surface area (Å²) < 4.78 is 0. The fraction of sp³-hybridized carbons (Fsp3) is 0.875. The summed E-state index contributed by atoms with van der Waals surface area (Å²) in [5.74, 6) is 1.88. The van der Waals surface area contributed by atoms with Gasteiger partial charge in [-0.05, 0) is 23.8 Å². The van der Waals surface area contributed by atoms with E-state index >= 15 is 0 Å². The first-order valence-corrected chi connectivity index (χ1v) is 5.93. The Morgan fingerprint density at radius 3 is 3.00 bits per heavy atom. The molecule has 2 heterocycles. The number of hydrogen-bond acceptors (Lipinski definition) is 5. The summed E-state index contributed by atoms with van der Waals surface area (Å²) in [6, 6.07) is -0.0611. The largest absolute Gasteiger partial charge is 0.320 e. The lowest BCUT2D eigenvalue weighted by Crippen LogP contribution is -2.27. The van der Waals surface area contributed by atoms with Crippen LogP contribution in [0.15, 0.2) is 0 Å². The smallest absolute Gasteiger partial charge is 0.192 e. The number of nitrogens with zero attached hydrogens (tertiary/aromatic N) is 4. The molecule has 1 aromatic rings. The number of aryl methyl sites for hydroxylation is 1. The lowest BCUT2D eigenvalue weighted by Gasteiger charge is -2.24. The average molecular weight is 213 g/mol. The molecule has 0 saturated carbocycles. The molecule has 2 unspecified atom stereocenters. The van der Waals surface area contributed by atoms with E-state index in [2.05, 4.69) is 15.4 Å². The summed E-state index contributed by atoms with van der Waals surface area (Å²) in [5.41, 5.74) is 6.08. The SMILES string of the molecule is Cn1nnc(C(N)C2CCCCS2)n1. The van der Waals surface area contributed by atoms with E-state index in [0.29, 0.717) is 11.1 Å². The van der Waals surface area contributed by atoms with Crippen LogP contribution in [0.3, 0.4) is 0 Å². The molecular weight excluding hydrogens is 198 g/mol. The molecule has 0 spiro atoms. The van der Waals surface area contributed by atoms with Crippen LogP contribution in [-0.2, 0) is 7.05 Å². The number of nitrogens with two attached hydrogens (primary N) is 1. The van der Waals surface area contributed by atoms with Crippen molar-refractivity contribution in [2.75, 3.05) is 5.75 Å². The van der Waals surface area contributed by atoms with Crippen molar-refractivity contribution >= 4 is 11.8 Å². The zero-order valence-corrected chi connectivity index (χ0v) is 9.07. The first kappa shape index (κ1) is 9.92. The number of thioether (sulfide) groups is 1. The molecule has 78 valence electrons. The quantitative estimate of drug-likeness (QED) is 0.774. The summed E-state index contributed by atoms with van der Waals surface area (Å²) in [6.07, 6.45) is 3.75. The Labute approximate surface area is 87.4 Å². The molecule has 1 aliphatic rings. The van der Waals surface area contributed by atoms with Gasteiger partial charge in [0.2, 0.25) is 0 Å². The van der Waals surface area contributed by atoms with E-state index in [4.69, 9.17) is 5.73 Å². The van der Waals surface area contributed by atoms with Crippen molar-refractivity contribution < 1.29 is 0 Å². The monoisotopic (exact) mass is 213 g/mol. The van der Waals surface area contributed by atoms with E-state index in [1.54, 1.807) is 7.05 Å². The van der Waals surface area contributed by atoms with Crippen molar-refractivity contribution in [2.45, 2.75) is 30.6 Å². The Balaban J connectivity index is 2.03. The number of tetrazole rings is 1. The summed E-state index contributed by atoms with van der Waals surface area (Å²) in [5, 5.41) is 12.4. The second-order valence-electron chi connectivity index (χ2n) is 3.57. The highest BCUT2D eigenvalue weighted by molar-refractivity contribution is 8.00. The van der Waals surface area contributed by atoms with Crippen molar-refractivity contribution in [3.05, 3.63) is 5.82 Å². The van der Waals surface area contributed by atoms with E-state index in [-0.39, 0.29) is 6.04 Å². The molecule has 2 N–H and O–H groups in total. The Morgan fingerprint density at radius 1 is 1.57 bits per heavy atom. The molecule has 1 aliphatic heterocycles. The van der Waals surface area contributed by atoms with Crippen molar-refractivity contribution in [1.29, 1.82) is 0 Å². The third-order valence-electron chi connectivity index (χ3n) is 2.44. The molecular formula is C8H15N5S. The van der Waals surface area contributed by atoms with Gasteiger partial charge in [0.15, 0.2) is 5.82 Å². The number of aromatic nitrogens is 4. The second-order valence-corrected chi connectivity index (χ2v) is 4.91. The highest BCUT2D eigenvalue weighted by Crippen LogP contribution is 2.31. The van der Waals surface area contributed by atoms with Gasteiger partial charge < -0.3 is 5.73 Å². The Kier molecular flexibility index (Phi) is 3.02. The fourth-order valence-corrected chi connectivity index (χ4v) is 2.98. The van der Waals surface area contributed by atoms with Crippen LogP contribution in [-0.4, -0.2) is 31.2 Å². The highest BCUT2D eigenvalue weighted by Gasteiger charge is 2.25.